The zero-order valence-electron chi connectivity index (χ0n) is 19.2. The predicted octanol–water partition coefficient (Wildman–Crippen LogP) is 4.48. The number of amides is 2. The van der Waals surface area contributed by atoms with E-state index in [1.54, 1.807) is 42.5 Å². The molecule has 2 amide bonds. The fourth-order valence-corrected chi connectivity index (χ4v) is 4.29. The van der Waals surface area contributed by atoms with Crippen molar-refractivity contribution in [3.63, 3.8) is 0 Å². The topological polar surface area (TPSA) is 77.1 Å². The number of rotatable bonds is 5. The average Bonchev–Trinajstić information content (AvgIpc) is 3.08. The smallest absolute Gasteiger partial charge is 0.282 e. The summed E-state index contributed by atoms with van der Waals surface area (Å²) in [4.78, 5) is 28.6. The number of fused-ring (bicyclic) bond motifs is 1. The Bertz CT molecular complexity index is 1340. The van der Waals surface area contributed by atoms with Gasteiger partial charge in [-0.05, 0) is 49.2 Å². The van der Waals surface area contributed by atoms with E-state index in [9.17, 15) is 9.59 Å². The number of nitrogens with one attached hydrogen (secondary N) is 1. The van der Waals surface area contributed by atoms with Crippen molar-refractivity contribution in [3.05, 3.63) is 83.1 Å². The van der Waals surface area contributed by atoms with Gasteiger partial charge >= 0.3 is 0 Å². The van der Waals surface area contributed by atoms with Crippen LogP contribution in [-0.4, -0.2) is 32.1 Å². The number of benzene rings is 3. The van der Waals surface area contributed by atoms with Gasteiger partial charge < -0.3 is 19.5 Å². The maximum atomic E-state index is 13.8. The van der Waals surface area contributed by atoms with Crippen molar-refractivity contribution < 1.29 is 23.8 Å². The van der Waals surface area contributed by atoms with Crippen molar-refractivity contribution in [1.29, 1.82) is 0 Å². The van der Waals surface area contributed by atoms with Crippen molar-refractivity contribution in [1.82, 2.24) is 0 Å². The van der Waals surface area contributed by atoms with Gasteiger partial charge in [0.2, 0.25) is 0 Å². The van der Waals surface area contributed by atoms with Gasteiger partial charge in [-0.2, -0.15) is 0 Å². The Balaban J connectivity index is 1.63. The highest BCUT2D eigenvalue weighted by molar-refractivity contribution is 6.46. The SMILES string of the molecule is COc1ccccc1N1C(=O)C(Nc2ccc3c(c2)OCCO3)=C(c2ccc(C)cc2C)C1=O. The Labute approximate surface area is 197 Å². The predicted molar refractivity (Wildman–Crippen MR) is 129 cm³/mol. The average molecular weight is 456 g/mol. The van der Waals surface area contributed by atoms with Gasteiger partial charge in [0.05, 0.1) is 18.4 Å². The number of nitrogens with zero attached hydrogens (tertiary/aromatic N) is 1. The Morgan fingerprint density at radius 1 is 0.882 bits per heavy atom. The van der Waals surface area contributed by atoms with Crippen molar-refractivity contribution in [3.8, 4) is 17.2 Å². The van der Waals surface area contributed by atoms with Crippen LogP contribution in [0.5, 0.6) is 17.2 Å². The number of ether oxygens (including phenoxy) is 3. The van der Waals surface area contributed by atoms with E-state index in [0.29, 0.717) is 53.0 Å². The number of carbonyl (C=O) groups is 2. The first-order valence-electron chi connectivity index (χ1n) is 11.0. The van der Waals surface area contributed by atoms with E-state index < -0.39 is 11.8 Å². The second-order valence-electron chi connectivity index (χ2n) is 8.17. The van der Waals surface area contributed by atoms with E-state index in [4.69, 9.17) is 14.2 Å². The molecule has 3 aromatic carbocycles. The van der Waals surface area contributed by atoms with Crippen LogP contribution >= 0.6 is 0 Å². The van der Waals surface area contributed by atoms with Crippen LogP contribution in [0.1, 0.15) is 16.7 Å². The van der Waals surface area contributed by atoms with Gasteiger partial charge in [-0.3, -0.25) is 9.59 Å². The normalized spacial score (nSPS) is 15.1. The quantitative estimate of drug-likeness (QED) is 0.571. The molecule has 7 nitrogen and oxygen atoms in total. The second kappa shape index (κ2) is 8.59. The Kier molecular flexibility index (Phi) is 5.45. The van der Waals surface area contributed by atoms with E-state index in [0.717, 1.165) is 16.0 Å². The van der Waals surface area contributed by atoms with Gasteiger partial charge in [0.15, 0.2) is 11.5 Å². The van der Waals surface area contributed by atoms with Gasteiger partial charge in [-0.15, -0.1) is 0 Å². The molecule has 0 aromatic heterocycles. The van der Waals surface area contributed by atoms with Crippen LogP contribution in [0, 0.1) is 13.8 Å². The Hall–Kier alpha value is -4.26. The van der Waals surface area contributed by atoms with Crippen LogP contribution in [0.15, 0.2) is 66.4 Å². The first kappa shape index (κ1) is 21.6. The molecule has 0 unspecified atom stereocenters. The third-order valence-electron chi connectivity index (χ3n) is 5.87. The van der Waals surface area contributed by atoms with Crippen molar-refractivity contribution in [2.75, 3.05) is 30.5 Å². The highest BCUT2D eigenvalue weighted by Gasteiger charge is 2.42. The molecule has 0 saturated heterocycles. The van der Waals surface area contributed by atoms with Crippen LogP contribution in [0.3, 0.4) is 0 Å². The maximum Gasteiger partial charge on any atom is 0.282 e. The van der Waals surface area contributed by atoms with Crippen LogP contribution in [-0.2, 0) is 9.59 Å². The summed E-state index contributed by atoms with van der Waals surface area (Å²) >= 11 is 0. The number of carbonyl (C=O) groups excluding carboxylic acids is 2. The summed E-state index contributed by atoms with van der Waals surface area (Å²) in [6.45, 7) is 4.86. The zero-order valence-corrected chi connectivity index (χ0v) is 19.2. The molecule has 2 aliphatic heterocycles. The molecule has 5 rings (SSSR count). The van der Waals surface area contributed by atoms with Gasteiger partial charge in [-0.25, -0.2) is 4.90 Å². The standard InChI is InChI=1S/C27H24N2O5/c1-16-8-10-19(17(2)14-16)24-25(28-18-9-11-22-23(15-18)34-13-12-33-22)27(31)29(26(24)30)20-6-4-5-7-21(20)32-3/h4-11,14-15,28H,12-13H2,1-3H3. The molecule has 0 radical (unpaired) electrons. The summed E-state index contributed by atoms with van der Waals surface area (Å²) in [5.41, 5.74) is 4.18. The molecular formula is C27H24N2O5. The van der Waals surface area contributed by atoms with E-state index in [1.807, 2.05) is 32.0 Å². The van der Waals surface area contributed by atoms with Crippen LogP contribution in [0.25, 0.3) is 5.57 Å². The lowest BCUT2D eigenvalue weighted by atomic mass is 9.97. The Morgan fingerprint density at radius 3 is 2.41 bits per heavy atom. The van der Waals surface area contributed by atoms with Gasteiger partial charge in [0, 0.05) is 11.8 Å². The minimum Gasteiger partial charge on any atom is -0.495 e. The highest BCUT2D eigenvalue weighted by Crippen LogP contribution is 2.40. The lowest BCUT2D eigenvalue weighted by molar-refractivity contribution is -0.120. The molecule has 3 aromatic rings. The van der Waals surface area contributed by atoms with Gasteiger partial charge in [0.25, 0.3) is 11.8 Å². The summed E-state index contributed by atoms with van der Waals surface area (Å²) in [6.07, 6.45) is 0. The van der Waals surface area contributed by atoms with Crippen molar-refractivity contribution in [2.45, 2.75) is 13.8 Å². The monoisotopic (exact) mass is 456 g/mol. The number of methoxy groups -OCH3 is 1. The van der Waals surface area contributed by atoms with E-state index in [-0.39, 0.29) is 5.70 Å². The van der Waals surface area contributed by atoms with Crippen molar-refractivity contribution >= 4 is 28.8 Å². The molecule has 7 heteroatoms. The van der Waals surface area contributed by atoms with Gasteiger partial charge in [0.1, 0.15) is 24.7 Å². The van der Waals surface area contributed by atoms with Crippen LogP contribution in [0.2, 0.25) is 0 Å². The number of imide groups is 1. The second-order valence-corrected chi connectivity index (χ2v) is 8.17. The minimum atomic E-state index is -0.459. The molecular weight excluding hydrogens is 432 g/mol. The van der Waals surface area contributed by atoms with E-state index in [1.165, 1.54) is 7.11 Å². The number of hydrogen-bond donors (Lipinski definition) is 1. The molecule has 172 valence electrons. The molecule has 0 fully saturated rings. The highest BCUT2D eigenvalue weighted by atomic mass is 16.6. The molecule has 1 N–H and O–H groups in total. The third kappa shape index (κ3) is 3.65. The first-order valence-corrected chi connectivity index (χ1v) is 11.0. The largest absolute Gasteiger partial charge is 0.495 e. The molecule has 0 saturated carbocycles. The number of para-hydroxylation sites is 2. The molecule has 0 atom stereocenters. The Morgan fingerprint density at radius 2 is 1.65 bits per heavy atom. The summed E-state index contributed by atoms with van der Waals surface area (Å²) in [5.74, 6) is 0.791. The lowest BCUT2D eigenvalue weighted by Crippen LogP contribution is -2.32. The number of aryl methyl sites for hydroxylation is 2. The zero-order chi connectivity index (χ0) is 23.8. The molecule has 34 heavy (non-hydrogen) atoms. The third-order valence-corrected chi connectivity index (χ3v) is 5.87. The molecule has 0 bridgehead atoms. The fourth-order valence-electron chi connectivity index (χ4n) is 4.29. The number of hydrogen-bond acceptors (Lipinski definition) is 6. The molecule has 2 aliphatic rings. The lowest BCUT2D eigenvalue weighted by Gasteiger charge is -2.20. The van der Waals surface area contributed by atoms with E-state index >= 15 is 0 Å². The summed E-state index contributed by atoms with van der Waals surface area (Å²) in [7, 11) is 1.51. The molecule has 2 heterocycles. The van der Waals surface area contributed by atoms with Gasteiger partial charge in [-0.1, -0.05) is 35.9 Å². The maximum absolute atomic E-state index is 13.8. The minimum absolute atomic E-state index is 0.194. The molecule has 0 aliphatic carbocycles. The first-order chi connectivity index (χ1) is 16.5. The summed E-state index contributed by atoms with van der Waals surface area (Å²) in [6, 6.07) is 18.1. The summed E-state index contributed by atoms with van der Waals surface area (Å²) in [5, 5.41) is 3.19. The van der Waals surface area contributed by atoms with Crippen LogP contribution < -0.4 is 24.4 Å². The van der Waals surface area contributed by atoms with E-state index in [2.05, 4.69) is 5.32 Å². The number of anilines is 2. The fraction of sp³-hybridized carbons (Fsp3) is 0.185. The van der Waals surface area contributed by atoms with Crippen LogP contribution in [0.4, 0.5) is 11.4 Å². The van der Waals surface area contributed by atoms with Crippen molar-refractivity contribution in [2.24, 2.45) is 0 Å². The summed E-state index contributed by atoms with van der Waals surface area (Å²) < 4.78 is 16.7. The molecule has 0 spiro atoms.